The third-order valence-electron chi connectivity index (χ3n) is 4.46. The standard InChI is InChI=1S/C15H24N4/c1-10-13(16)18-15(12-6-7-12)19-14(10)17-9-8-11-4-2-3-5-11/h11-12H,2-9H2,1H3,(H3,16,17,18,19). The van der Waals surface area contributed by atoms with Gasteiger partial charge in [0.1, 0.15) is 17.5 Å². The average Bonchev–Trinajstić information content (AvgIpc) is 3.12. The van der Waals surface area contributed by atoms with Crippen LogP contribution < -0.4 is 11.1 Å². The van der Waals surface area contributed by atoms with Crippen LogP contribution >= 0.6 is 0 Å². The first-order valence-electron chi connectivity index (χ1n) is 7.62. The highest BCUT2D eigenvalue weighted by Crippen LogP contribution is 2.39. The van der Waals surface area contributed by atoms with E-state index in [-0.39, 0.29) is 0 Å². The zero-order chi connectivity index (χ0) is 13.2. The first-order chi connectivity index (χ1) is 9.24. The monoisotopic (exact) mass is 260 g/mol. The number of rotatable bonds is 5. The van der Waals surface area contributed by atoms with Crippen molar-refractivity contribution in [1.29, 1.82) is 0 Å². The van der Waals surface area contributed by atoms with Crippen molar-refractivity contribution < 1.29 is 0 Å². The maximum atomic E-state index is 5.99. The Hall–Kier alpha value is -1.32. The van der Waals surface area contributed by atoms with Crippen LogP contribution in [0.25, 0.3) is 0 Å². The van der Waals surface area contributed by atoms with Gasteiger partial charge >= 0.3 is 0 Å². The highest BCUT2D eigenvalue weighted by Gasteiger charge is 2.27. The third-order valence-corrected chi connectivity index (χ3v) is 4.46. The van der Waals surface area contributed by atoms with Gasteiger partial charge in [0, 0.05) is 18.0 Å². The molecule has 0 atom stereocenters. The molecule has 2 aliphatic rings. The van der Waals surface area contributed by atoms with Crippen LogP contribution in [0.3, 0.4) is 0 Å². The van der Waals surface area contributed by atoms with Crippen LogP contribution in [-0.4, -0.2) is 16.5 Å². The van der Waals surface area contributed by atoms with Crippen LogP contribution in [0.5, 0.6) is 0 Å². The van der Waals surface area contributed by atoms with E-state index in [4.69, 9.17) is 5.73 Å². The van der Waals surface area contributed by atoms with Gasteiger partial charge in [0.25, 0.3) is 0 Å². The lowest BCUT2D eigenvalue weighted by atomic mass is 10.0. The number of hydrogen-bond acceptors (Lipinski definition) is 4. The maximum Gasteiger partial charge on any atom is 0.136 e. The molecule has 0 amide bonds. The summed E-state index contributed by atoms with van der Waals surface area (Å²) in [6.07, 6.45) is 9.31. The molecule has 4 nitrogen and oxygen atoms in total. The predicted molar refractivity (Wildman–Crippen MR) is 78.2 cm³/mol. The molecule has 0 bridgehead atoms. The molecule has 0 radical (unpaired) electrons. The van der Waals surface area contributed by atoms with Gasteiger partial charge in [0.2, 0.25) is 0 Å². The van der Waals surface area contributed by atoms with E-state index >= 15 is 0 Å². The quantitative estimate of drug-likeness (QED) is 0.853. The smallest absolute Gasteiger partial charge is 0.136 e. The Kier molecular flexibility index (Phi) is 3.58. The van der Waals surface area contributed by atoms with E-state index in [0.29, 0.717) is 11.7 Å². The van der Waals surface area contributed by atoms with Crippen molar-refractivity contribution in [3.8, 4) is 0 Å². The molecular weight excluding hydrogens is 236 g/mol. The normalized spacial score (nSPS) is 19.8. The molecule has 1 aromatic heterocycles. The van der Waals surface area contributed by atoms with Crippen molar-refractivity contribution in [2.75, 3.05) is 17.6 Å². The number of nitrogens with two attached hydrogens (primary N) is 1. The van der Waals surface area contributed by atoms with E-state index in [2.05, 4.69) is 15.3 Å². The fourth-order valence-corrected chi connectivity index (χ4v) is 2.94. The van der Waals surface area contributed by atoms with Crippen molar-refractivity contribution in [2.45, 2.75) is 57.8 Å². The Labute approximate surface area is 115 Å². The molecule has 4 heteroatoms. The van der Waals surface area contributed by atoms with E-state index in [1.807, 2.05) is 6.92 Å². The molecule has 3 N–H and O–H groups in total. The van der Waals surface area contributed by atoms with Crippen LogP contribution in [0.1, 0.15) is 62.3 Å². The van der Waals surface area contributed by atoms with Crippen molar-refractivity contribution >= 4 is 11.6 Å². The average molecular weight is 260 g/mol. The van der Waals surface area contributed by atoms with Gasteiger partial charge in [0.15, 0.2) is 0 Å². The molecule has 0 unspecified atom stereocenters. The number of hydrogen-bond donors (Lipinski definition) is 2. The van der Waals surface area contributed by atoms with Crippen LogP contribution in [0.15, 0.2) is 0 Å². The number of anilines is 2. The van der Waals surface area contributed by atoms with Gasteiger partial charge in [-0.25, -0.2) is 9.97 Å². The largest absolute Gasteiger partial charge is 0.383 e. The molecule has 0 saturated heterocycles. The molecule has 2 fully saturated rings. The van der Waals surface area contributed by atoms with E-state index in [9.17, 15) is 0 Å². The van der Waals surface area contributed by atoms with Gasteiger partial charge in [-0.05, 0) is 32.1 Å². The number of nitrogen functional groups attached to an aromatic ring is 1. The zero-order valence-corrected chi connectivity index (χ0v) is 11.8. The topological polar surface area (TPSA) is 63.8 Å². The molecular formula is C15H24N4. The third kappa shape index (κ3) is 2.99. The molecule has 2 saturated carbocycles. The van der Waals surface area contributed by atoms with Crippen LogP contribution in [0.2, 0.25) is 0 Å². The lowest BCUT2D eigenvalue weighted by molar-refractivity contribution is 0.518. The molecule has 1 heterocycles. The Bertz CT molecular complexity index is 448. The zero-order valence-electron chi connectivity index (χ0n) is 11.8. The minimum atomic E-state index is 0.554. The highest BCUT2D eigenvalue weighted by atomic mass is 15.1. The molecule has 0 aromatic carbocycles. The Morgan fingerprint density at radius 1 is 1.16 bits per heavy atom. The van der Waals surface area contributed by atoms with Crippen molar-refractivity contribution in [3.63, 3.8) is 0 Å². The first kappa shape index (κ1) is 12.7. The molecule has 104 valence electrons. The summed E-state index contributed by atoms with van der Waals surface area (Å²) in [5.41, 5.74) is 6.99. The lowest BCUT2D eigenvalue weighted by Gasteiger charge is -2.13. The second-order valence-electron chi connectivity index (χ2n) is 6.08. The van der Waals surface area contributed by atoms with Gasteiger partial charge in [-0.2, -0.15) is 0 Å². The number of nitrogens with one attached hydrogen (secondary N) is 1. The van der Waals surface area contributed by atoms with E-state index < -0.39 is 0 Å². The summed E-state index contributed by atoms with van der Waals surface area (Å²) in [5.74, 6) is 3.99. The summed E-state index contributed by atoms with van der Waals surface area (Å²) in [5, 5.41) is 3.47. The Morgan fingerprint density at radius 2 is 1.89 bits per heavy atom. The van der Waals surface area contributed by atoms with Gasteiger partial charge in [-0.15, -0.1) is 0 Å². The molecule has 19 heavy (non-hydrogen) atoms. The fourth-order valence-electron chi connectivity index (χ4n) is 2.94. The number of aromatic nitrogens is 2. The lowest BCUT2D eigenvalue weighted by Crippen LogP contribution is -2.12. The summed E-state index contributed by atoms with van der Waals surface area (Å²) < 4.78 is 0. The summed E-state index contributed by atoms with van der Waals surface area (Å²) >= 11 is 0. The Morgan fingerprint density at radius 3 is 2.58 bits per heavy atom. The Balaban J connectivity index is 1.62. The summed E-state index contributed by atoms with van der Waals surface area (Å²) in [6.45, 7) is 3.01. The number of nitrogens with zero attached hydrogens (tertiary/aromatic N) is 2. The van der Waals surface area contributed by atoms with Crippen LogP contribution in [-0.2, 0) is 0 Å². The summed E-state index contributed by atoms with van der Waals surface area (Å²) in [7, 11) is 0. The van der Waals surface area contributed by atoms with Gasteiger partial charge in [0.05, 0.1) is 0 Å². The molecule has 3 rings (SSSR count). The predicted octanol–water partition coefficient (Wildman–Crippen LogP) is 3.24. The van der Waals surface area contributed by atoms with Gasteiger partial charge in [-0.3, -0.25) is 0 Å². The van der Waals surface area contributed by atoms with Crippen LogP contribution in [0.4, 0.5) is 11.6 Å². The molecule has 0 aliphatic heterocycles. The van der Waals surface area contributed by atoms with E-state index in [0.717, 1.165) is 29.7 Å². The van der Waals surface area contributed by atoms with Gasteiger partial charge in [-0.1, -0.05) is 25.7 Å². The minimum Gasteiger partial charge on any atom is -0.383 e. The van der Waals surface area contributed by atoms with Crippen molar-refractivity contribution in [3.05, 3.63) is 11.4 Å². The minimum absolute atomic E-state index is 0.554. The molecule has 2 aliphatic carbocycles. The molecule has 1 aromatic rings. The molecule has 0 spiro atoms. The van der Waals surface area contributed by atoms with Gasteiger partial charge < -0.3 is 11.1 Å². The fraction of sp³-hybridized carbons (Fsp3) is 0.733. The maximum absolute atomic E-state index is 5.99. The van der Waals surface area contributed by atoms with Crippen molar-refractivity contribution in [1.82, 2.24) is 9.97 Å². The first-order valence-corrected chi connectivity index (χ1v) is 7.62. The second kappa shape index (κ2) is 5.35. The van der Waals surface area contributed by atoms with E-state index in [1.165, 1.54) is 44.9 Å². The van der Waals surface area contributed by atoms with Crippen LogP contribution in [0, 0.1) is 12.8 Å². The SMILES string of the molecule is Cc1c(N)nc(C2CC2)nc1NCCC1CCCC1. The second-order valence-corrected chi connectivity index (χ2v) is 6.08. The van der Waals surface area contributed by atoms with E-state index in [1.54, 1.807) is 0 Å². The summed E-state index contributed by atoms with van der Waals surface area (Å²) in [6, 6.07) is 0. The highest BCUT2D eigenvalue weighted by molar-refractivity contribution is 5.55. The van der Waals surface area contributed by atoms with Crippen molar-refractivity contribution in [2.24, 2.45) is 5.92 Å². The summed E-state index contributed by atoms with van der Waals surface area (Å²) in [4.78, 5) is 9.06.